The monoisotopic (exact) mass is 371 g/mol. The van der Waals surface area contributed by atoms with Gasteiger partial charge in [-0.3, -0.25) is 5.32 Å². The molecule has 1 N–H and O–H groups in total. The summed E-state index contributed by atoms with van der Waals surface area (Å²) in [7, 11) is 1.68. The third-order valence-electron chi connectivity index (χ3n) is 3.89. The minimum absolute atomic E-state index is 0.261. The van der Waals surface area contributed by atoms with Gasteiger partial charge in [0.25, 0.3) is 0 Å². The van der Waals surface area contributed by atoms with Crippen LogP contribution in [0.15, 0.2) is 28.8 Å². The van der Waals surface area contributed by atoms with Gasteiger partial charge in [-0.2, -0.15) is 4.98 Å². The van der Waals surface area contributed by atoms with Crippen molar-refractivity contribution in [2.45, 2.75) is 33.7 Å². The minimum Gasteiger partial charge on any atom is -0.340 e. The summed E-state index contributed by atoms with van der Waals surface area (Å²) in [4.78, 5) is 23.5. The fraction of sp³-hybridized carbons (Fsp3) is 0.333. The Morgan fingerprint density at radius 2 is 1.92 bits per heavy atom. The Kier molecular flexibility index (Phi) is 5.32. The van der Waals surface area contributed by atoms with E-state index in [2.05, 4.69) is 51.6 Å². The van der Waals surface area contributed by atoms with Gasteiger partial charge in [0.05, 0.1) is 12.2 Å². The predicted octanol–water partition coefficient (Wildman–Crippen LogP) is 3.71. The molecule has 3 rings (SSSR count). The van der Waals surface area contributed by atoms with Crippen LogP contribution in [0.2, 0.25) is 0 Å². The van der Waals surface area contributed by atoms with E-state index in [1.807, 2.05) is 6.92 Å². The molecule has 2 amide bonds. The second-order valence-electron chi connectivity index (χ2n) is 6.21. The number of hydrogen-bond donors (Lipinski definition) is 1. The SMILES string of the molecule is Cc1ccc(Cc2sc(NC(=O)N(C)Cc3noc(C)n3)nc2C)cc1. The molecule has 0 aliphatic rings. The average Bonchev–Trinajstić information content (AvgIpc) is 3.15. The van der Waals surface area contributed by atoms with E-state index in [9.17, 15) is 4.79 Å². The lowest BCUT2D eigenvalue weighted by atomic mass is 10.1. The molecule has 1 aromatic carbocycles. The van der Waals surface area contributed by atoms with E-state index in [0.717, 1.165) is 17.0 Å². The van der Waals surface area contributed by atoms with Crippen molar-refractivity contribution in [1.82, 2.24) is 20.0 Å². The number of benzene rings is 1. The Hall–Kier alpha value is -2.74. The molecule has 2 aromatic heterocycles. The molecule has 0 fully saturated rings. The van der Waals surface area contributed by atoms with Crippen LogP contribution >= 0.6 is 11.3 Å². The Morgan fingerprint density at radius 3 is 2.58 bits per heavy atom. The molecule has 7 nitrogen and oxygen atoms in total. The summed E-state index contributed by atoms with van der Waals surface area (Å²) in [6.07, 6.45) is 0.803. The van der Waals surface area contributed by atoms with E-state index in [-0.39, 0.29) is 12.6 Å². The molecule has 0 saturated carbocycles. The van der Waals surface area contributed by atoms with E-state index in [4.69, 9.17) is 4.52 Å². The second-order valence-corrected chi connectivity index (χ2v) is 7.29. The summed E-state index contributed by atoms with van der Waals surface area (Å²) in [6.45, 7) is 6.01. The summed E-state index contributed by atoms with van der Waals surface area (Å²) in [6, 6.07) is 8.18. The lowest BCUT2D eigenvalue weighted by Gasteiger charge is -2.14. The van der Waals surface area contributed by atoms with Crippen molar-refractivity contribution in [3.8, 4) is 0 Å². The molecule has 136 valence electrons. The fourth-order valence-electron chi connectivity index (χ4n) is 2.41. The van der Waals surface area contributed by atoms with Crippen LogP contribution in [0.5, 0.6) is 0 Å². The predicted molar refractivity (Wildman–Crippen MR) is 100 cm³/mol. The van der Waals surface area contributed by atoms with Gasteiger partial charge in [-0.15, -0.1) is 11.3 Å². The Balaban J connectivity index is 1.62. The van der Waals surface area contributed by atoms with Crippen molar-refractivity contribution < 1.29 is 9.32 Å². The highest BCUT2D eigenvalue weighted by Crippen LogP contribution is 2.25. The van der Waals surface area contributed by atoms with Crippen LogP contribution in [-0.2, 0) is 13.0 Å². The van der Waals surface area contributed by atoms with Crippen LogP contribution < -0.4 is 5.32 Å². The molecule has 3 aromatic rings. The van der Waals surface area contributed by atoms with E-state index < -0.39 is 0 Å². The van der Waals surface area contributed by atoms with Crippen LogP contribution in [-0.4, -0.2) is 33.1 Å². The highest BCUT2D eigenvalue weighted by Gasteiger charge is 2.16. The number of amides is 2. The number of thiazole rings is 1. The van der Waals surface area contributed by atoms with Crippen molar-refractivity contribution in [3.63, 3.8) is 0 Å². The number of rotatable bonds is 5. The number of urea groups is 1. The van der Waals surface area contributed by atoms with E-state index >= 15 is 0 Å². The number of aromatic nitrogens is 3. The smallest absolute Gasteiger partial charge is 0.323 e. The first-order valence-electron chi connectivity index (χ1n) is 8.24. The third-order valence-corrected chi connectivity index (χ3v) is 4.96. The Labute approximate surface area is 156 Å². The number of anilines is 1. The molecule has 0 bridgehead atoms. The number of carbonyl (C=O) groups is 1. The van der Waals surface area contributed by atoms with E-state index in [1.165, 1.54) is 27.4 Å². The molecule has 2 heterocycles. The highest BCUT2D eigenvalue weighted by atomic mass is 32.1. The van der Waals surface area contributed by atoms with Crippen LogP contribution in [0.1, 0.15) is 33.4 Å². The quantitative estimate of drug-likeness (QED) is 0.739. The first-order valence-corrected chi connectivity index (χ1v) is 9.05. The minimum atomic E-state index is -0.261. The first-order chi connectivity index (χ1) is 12.4. The van der Waals surface area contributed by atoms with Crippen molar-refractivity contribution in [2.24, 2.45) is 0 Å². The topological polar surface area (TPSA) is 84.2 Å². The fourth-order valence-corrected chi connectivity index (χ4v) is 3.40. The van der Waals surface area contributed by atoms with E-state index in [1.54, 1.807) is 14.0 Å². The van der Waals surface area contributed by atoms with Crippen molar-refractivity contribution in [1.29, 1.82) is 0 Å². The molecule has 0 aliphatic heterocycles. The first kappa shape index (κ1) is 18.1. The molecule has 26 heavy (non-hydrogen) atoms. The maximum atomic E-state index is 12.3. The van der Waals surface area contributed by atoms with Gasteiger partial charge < -0.3 is 9.42 Å². The molecule has 8 heteroatoms. The summed E-state index contributed by atoms with van der Waals surface area (Å²) >= 11 is 1.50. The number of hydrogen-bond acceptors (Lipinski definition) is 6. The van der Waals surface area contributed by atoms with Gasteiger partial charge in [-0.1, -0.05) is 35.0 Å². The summed E-state index contributed by atoms with van der Waals surface area (Å²) < 4.78 is 4.92. The Morgan fingerprint density at radius 1 is 1.19 bits per heavy atom. The molecule has 0 aliphatic carbocycles. The normalized spacial score (nSPS) is 10.8. The zero-order chi connectivity index (χ0) is 18.7. The van der Waals surface area contributed by atoms with Crippen LogP contribution in [0.4, 0.5) is 9.93 Å². The number of aryl methyl sites for hydroxylation is 3. The molecular formula is C18H21N5O2S. The second kappa shape index (κ2) is 7.65. The number of carbonyl (C=O) groups excluding carboxylic acids is 1. The van der Waals surface area contributed by atoms with Crippen molar-refractivity contribution >= 4 is 22.5 Å². The third kappa shape index (κ3) is 4.45. The largest absolute Gasteiger partial charge is 0.340 e. The van der Waals surface area contributed by atoms with Gasteiger partial charge in [0.15, 0.2) is 11.0 Å². The van der Waals surface area contributed by atoms with E-state index in [0.29, 0.717) is 16.8 Å². The van der Waals surface area contributed by atoms with Crippen molar-refractivity contribution in [3.05, 3.63) is 57.7 Å². The van der Waals surface area contributed by atoms with Gasteiger partial charge in [-0.25, -0.2) is 9.78 Å². The maximum Gasteiger partial charge on any atom is 0.323 e. The lowest BCUT2D eigenvalue weighted by molar-refractivity contribution is 0.219. The maximum absolute atomic E-state index is 12.3. The van der Waals surface area contributed by atoms with Crippen molar-refractivity contribution in [2.75, 3.05) is 12.4 Å². The molecule has 0 unspecified atom stereocenters. The molecule has 0 spiro atoms. The Bertz CT molecular complexity index is 901. The lowest BCUT2D eigenvalue weighted by Crippen LogP contribution is -2.31. The zero-order valence-electron chi connectivity index (χ0n) is 15.2. The zero-order valence-corrected chi connectivity index (χ0v) is 16.1. The molecular weight excluding hydrogens is 350 g/mol. The van der Waals surface area contributed by atoms with Gasteiger partial charge in [0, 0.05) is 25.3 Å². The number of nitrogens with zero attached hydrogens (tertiary/aromatic N) is 4. The van der Waals surface area contributed by atoms with Crippen LogP contribution in [0, 0.1) is 20.8 Å². The van der Waals surface area contributed by atoms with Gasteiger partial charge in [0.2, 0.25) is 5.89 Å². The van der Waals surface area contributed by atoms with Gasteiger partial charge >= 0.3 is 6.03 Å². The highest BCUT2D eigenvalue weighted by molar-refractivity contribution is 7.15. The average molecular weight is 371 g/mol. The van der Waals surface area contributed by atoms with Gasteiger partial charge in [0.1, 0.15) is 0 Å². The summed E-state index contributed by atoms with van der Waals surface area (Å²) in [5.74, 6) is 0.945. The molecule has 0 radical (unpaired) electrons. The van der Waals surface area contributed by atoms with Crippen LogP contribution in [0.25, 0.3) is 0 Å². The number of nitrogens with one attached hydrogen (secondary N) is 1. The summed E-state index contributed by atoms with van der Waals surface area (Å²) in [5.41, 5.74) is 3.40. The summed E-state index contributed by atoms with van der Waals surface area (Å²) in [5, 5.41) is 7.22. The van der Waals surface area contributed by atoms with Gasteiger partial charge in [-0.05, 0) is 19.4 Å². The molecule has 0 saturated heterocycles. The van der Waals surface area contributed by atoms with Crippen LogP contribution in [0.3, 0.4) is 0 Å². The molecule has 0 atom stereocenters. The standard InChI is InChI=1S/C18H21N5O2S/c1-11-5-7-14(8-6-11)9-15-12(2)19-17(26-15)21-18(24)23(4)10-16-20-13(3)25-22-16/h5-8H,9-10H2,1-4H3,(H,19,21,24).